The van der Waals surface area contributed by atoms with Crippen LogP contribution in [-0.4, -0.2) is 35.4 Å². The summed E-state index contributed by atoms with van der Waals surface area (Å²) in [4.78, 5) is 4.14. The van der Waals surface area contributed by atoms with Crippen LogP contribution in [0.2, 0.25) is 0 Å². The number of aryl methyl sites for hydroxylation is 1. The maximum Gasteiger partial charge on any atom is 0.234 e. The summed E-state index contributed by atoms with van der Waals surface area (Å²) in [5, 5.41) is 9.44. The molecule has 1 atom stereocenters. The zero-order valence-electron chi connectivity index (χ0n) is 12.8. The second-order valence-electron chi connectivity index (χ2n) is 5.51. The molecule has 124 valence electrons. The Labute approximate surface area is 136 Å². The quantitative estimate of drug-likeness (QED) is 0.850. The van der Waals surface area contributed by atoms with Crippen molar-refractivity contribution < 1.29 is 13.2 Å². The van der Waals surface area contributed by atoms with Crippen molar-refractivity contribution in [3.8, 4) is 5.88 Å². The Kier molecular flexibility index (Phi) is 6.16. The summed E-state index contributed by atoms with van der Waals surface area (Å²) >= 11 is 0. The Balaban J connectivity index is 0.00000242. The van der Waals surface area contributed by atoms with Crippen LogP contribution in [0.5, 0.6) is 5.88 Å². The minimum absolute atomic E-state index is 0. The van der Waals surface area contributed by atoms with Gasteiger partial charge in [0.25, 0.3) is 0 Å². The summed E-state index contributed by atoms with van der Waals surface area (Å²) in [7, 11) is -3.52. The van der Waals surface area contributed by atoms with Gasteiger partial charge in [0, 0.05) is 23.9 Å². The number of hydrogen-bond donors (Lipinski definition) is 1. The molecule has 0 fully saturated rings. The van der Waals surface area contributed by atoms with Crippen LogP contribution in [0.3, 0.4) is 0 Å². The Morgan fingerprint density at radius 1 is 1.41 bits per heavy atom. The SMILES string of the molecule is Cc1cc2nccn2nc1OCC(CS(N)(=O)=O)C(C)C.Cl. The fraction of sp³-hybridized carbons (Fsp3) is 0.538. The number of halogens is 1. The van der Waals surface area contributed by atoms with Crippen LogP contribution in [-0.2, 0) is 10.0 Å². The van der Waals surface area contributed by atoms with Crippen molar-refractivity contribution in [1.29, 1.82) is 0 Å². The lowest BCUT2D eigenvalue weighted by atomic mass is 9.99. The minimum Gasteiger partial charge on any atom is -0.476 e. The van der Waals surface area contributed by atoms with E-state index in [0.29, 0.717) is 5.88 Å². The first-order valence-corrected chi connectivity index (χ1v) is 8.42. The van der Waals surface area contributed by atoms with E-state index in [9.17, 15) is 8.42 Å². The first-order chi connectivity index (χ1) is 9.76. The number of nitrogens with zero attached hydrogens (tertiary/aromatic N) is 3. The molecule has 0 spiro atoms. The third kappa shape index (κ3) is 4.82. The summed E-state index contributed by atoms with van der Waals surface area (Å²) in [6.07, 6.45) is 3.38. The molecule has 0 bridgehead atoms. The Morgan fingerprint density at radius 2 is 2.09 bits per heavy atom. The Bertz CT molecular complexity index is 730. The molecule has 7 nitrogen and oxygen atoms in total. The van der Waals surface area contributed by atoms with Crippen LogP contribution < -0.4 is 9.88 Å². The molecule has 0 radical (unpaired) electrons. The van der Waals surface area contributed by atoms with Crippen molar-refractivity contribution in [3.63, 3.8) is 0 Å². The molecule has 2 aromatic rings. The van der Waals surface area contributed by atoms with Gasteiger partial charge >= 0.3 is 0 Å². The van der Waals surface area contributed by atoms with Gasteiger partial charge in [0.05, 0.1) is 12.4 Å². The van der Waals surface area contributed by atoms with E-state index in [-0.39, 0.29) is 36.6 Å². The highest BCUT2D eigenvalue weighted by Gasteiger charge is 2.21. The molecule has 2 heterocycles. The van der Waals surface area contributed by atoms with Gasteiger partial charge in [0.1, 0.15) is 0 Å². The summed E-state index contributed by atoms with van der Waals surface area (Å²) in [5.41, 5.74) is 1.59. The second kappa shape index (κ2) is 7.26. The molecule has 2 aromatic heterocycles. The zero-order valence-corrected chi connectivity index (χ0v) is 14.4. The van der Waals surface area contributed by atoms with E-state index in [1.54, 1.807) is 16.9 Å². The molecule has 0 aliphatic heterocycles. The fourth-order valence-electron chi connectivity index (χ4n) is 1.99. The highest BCUT2D eigenvalue weighted by molar-refractivity contribution is 7.89. The van der Waals surface area contributed by atoms with E-state index in [1.807, 2.05) is 26.8 Å². The third-order valence-corrected chi connectivity index (χ3v) is 4.25. The van der Waals surface area contributed by atoms with Crippen molar-refractivity contribution in [1.82, 2.24) is 14.6 Å². The normalized spacial score (nSPS) is 13.1. The van der Waals surface area contributed by atoms with E-state index in [2.05, 4.69) is 10.1 Å². The lowest BCUT2D eigenvalue weighted by Gasteiger charge is -2.20. The molecule has 0 aliphatic carbocycles. The van der Waals surface area contributed by atoms with Crippen LogP contribution >= 0.6 is 12.4 Å². The molecule has 0 amide bonds. The van der Waals surface area contributed by atoms with Crippen LogP contribution in [0.1, 0.15) is 19.4 Å². The van der Waals surface area contributed by atoms with Crippen molar-refractivity contribution >= 4 is 28.1 Å². The van der Waals surface area contributed by atoms with Gasteiger partial charge in [-0.1, -0.05) is 13.8 Å². The first kappa shape index (κ1) is 18.7. The number of rotatable bonds is 6. The zero-order chi connectivity index (χ0) is 15.6. The maximum atomic E-state index is 11.3. The van der Waals surface area contributed by atoms with Gasteiger partial charge in [-0.3, -0.25) is 0 Å². The van der Waals surface area contributed by atoms with E-state index >= 15 is 0 Å². The lowest BCUT2D eigenvalue weighted by molar-refractivity contribution is 0.214. The number of primary sulfonamides is 1. The molecule has 22 heavy (non-hydrogen) atoms. The average molecular weight is 349 g/mol. The Hall–Kier alpha value is -1.38. The van der Waals surface area contributed by atoms with Crippen molar-refractivity contribution in [2.24, 2.45) is 17.0 Å². The molecule has 2 N–H and O–H groups in total. The predicted octanol–water partition coefficient (Wildman–Crippen LogP) is 1.40. The third-order valence-electron chi connectivity index (χ3n) is 3.35. The van der Waals surface area contributed by atoms with Crippen LogP contribution in [0.25, 0.3) is 5.65 Å². The molecular weight excluding hydrogens is 328 g/mol. The smallest absolute Gasteiger partial charge is 0.234 e. The molecule has 0 aromatic carbocycles. The van der Waals surface area contributed by atoms with Gasteiger partial charge in [0.15, 0.2) is 5.65 Å². The Morgan fingerprint density at radius 3 is 2.68 bits per heavy atom. The van der Waals surface area contributed by atoms with Gasteiger partial charge in [-0.25, -0.2) is 23.1 Å². The van der Waals surface area contributed by atoms with E-state index in [4.69, 9.17) is 9.88 Å². The van der Waals surface area contributed by atoms with Crippen molar-refractivity contribution in [2.75, 3.05) is 12.4 Å². The van der Waals surface area contributed by atoms with E-state index in [1.165, 1.54) is 0 Å². The van der Waals surface area contributed by atoms with E-state index in [0.717, 1.165) is 11.2 Å². The molecule has 0 saturated heterocycles. The van der Waals surface area contributed by atoms with Crippen molar-refractivity contribution in [3.05, 3.63) is 24.0 Å². The van der Waals surface area contributed by atoms with Crippen LogP contribution in [0.15, 0.2) is 18.5 Å². The van der Waals surface area contributed by atoms with Crippen LogP contribution in [0.4, 0.5) is 0 Å². The molecular formula is C13H21ClN4O3S. The number of imidazole rings is 1. The molecule has 2 rings (SSSR count). The van der Waals surface area contributed by atoms with Gasteiger partial charge in [0.2, 0.25) is 15.9 Å². The topological polar surface area (TPSA) is 99.6 Å². The highest BCUT2D eigenvalue weighted by atomic mass is 35.5. The van der Waals surface area contributed by atoms with E-state index < -0.39 is 10.0 Å². The number of sulfonamides is 1. The standard InChI is InChI=1S/C13H20N4O3S.ClH/c1-9(2)11(8-21(14,18)19)7-20-13-10(3)6-12-15-4-5-17(12)16-13;/h4-6,9,11H,7-8H2,1-3H3,(H2,14,18,19);1H. The monoisotopic (exact) mass is 348 g/mol. The summed E-state index contributed by atoms with van der Waals surface area (Å²) in [6.45, 7) is 6.01. The van der Waals surface area contributed by atoms with Gasteiger partial charge < -0.3 is 4.74 Å². The average Bonchev–Trinajstić information content (AvgIpc) is 2.79. The predicted molar refractivity (Wildman–Crippen MR) is 86.8 cm³/mol. The molecule has 0 saturated carbocycles. The number of ether oxygens (including phenoxy) is 1. The molecule has 0 aliphatic rings. The largest absolute Gasteiger partial charge is 0.476 e. The fourth-order valence-corrected chi connectivity index (χ4v) is 3.07. The second-order valence-corrected chi connectivity index (χ2v) is 7.17. The summed E-state index contributed by atoms with van der Waals surface area (Å²) < 4.78 is 29.8. The summed E-state index contributed by atoms with van der Waals surface area (Å²) in [6, 6.07) is 1.87. The van der Waals surface area contributed by atoms with Crippen molar-refractivity contribution in [2.45, 2.75) is 20.8 Å². The summed E-state index contributed by atoms with van der Waals surface area (Å²) in [5.74, 6) is 0.331. The van der Waals surface area contributed by atoms with Crippen LogP contribution in [0, 0.1) is 18.8 Å². The highest BCUT2D eigenvalue weighted by Crippen LogP contribution is 2.19. The lowest BCUT2D eigenvalue weighted by Crippen LogP contribution is -2.30. The molecule has 1 unspecified atom stereocenters. The number of fused-ring (bicyclic) bond motifs is 1. The first-order valence-electron chi connectivity index (χ1n) is 6.70. The van der Waals surface area contributed by atoms with Gasteiger partial charge in [-0.05, 0) is 18.9 Å². The molecule has 9 heteroatoms. The number of hydrogen-bond acceptors (Lipinski definition) is 5. The minimum atomic E-state index is -3.52. The van der Waals surface area contributed by atoms with Gasteiger partial charge in [-0.2, -0.15) is 0 Å². The van der Waals surface area contributed by atoms with Gasteiger partial charge in [-0.15, -0.1) is 17.5 Å². The number of aromatic nitrogens is 3. The maximum absolute atomic E-state index is 11.3. The number of nitrogens with two attached hydrogens (primary N) is 1.